The Hall–Kier alpha value is -1.70. The van der Waals surface area contributed by atoms with Gasteiger partial charge in [0.25, 0.3) is 0 Å². The van der Waals surface area contributed by atoms with Gasteiger partial charge in [0, 0.05) is 13.0 Å². The number of phosphoric acid groups is 1. The van der Waals surface area contributed by atoms with E-state index in [2.05, 4.69) is 50.3 Å². The summed E-state index contributed by atoms with van der Waals surface area (Å²) in [5.41, 5.74) is 0. The van der Waals surface area contributed by atoms with Crippen molar-refractivity contribution >= 4 is 13.8 Å². The fourth-order valence-electron chi connectivity index (χ4n) is 7.72. The lowest BCUT2D eigenvalue weighted by Crippen LogP contribution is -2.64. The lowest BCUT2D eigenvalue weighted by molar-refractivity contribution is -0.220. The summed E-state index contributed by atoms with van der Waals surface area (Å²) in [6.07, 6.45) is 39.3. The molecule has 374 valence electrons. The molecule has 1 aliphatic carbocycles. The van der Waals surface area contributed by atoms with Crippen LogP contribution in [0.5, 0.6) is 0 Å². The standard InChI is InChI=1S/C51H93O12P/c1-3-5-7-9-11-13-15-17-18-19-20-21-22-23-24-25-26-27-29-31-33-35-37-39-41-60-42-44(43-61-64(58,59)63-51-49(56)47(54)46(53)48(55)50(51)57)62-45(52)40-38-36-34-32-30-28-16-14-12-10-8-6-4-2/h6,8,12,14,28,30,34,36,44,46-51,53-57H,3-5,7,9-11,13,15-27,29,31-33,35,37-43H2,1-2H3,(H,58,59)/b8-6-,14-12-,30-28-,36-34-. The first-order chi connectivity index (χ1) is 31.0. The largest absolute Gasteiger partial charge is 0.472 e. The van der Waals surface area contributed by atoms with E-state index in [1.54, 1.807) is 0 Å². The van der Waals surface area contributed by atoms with Crippen molar-refractivity contribution < 1.29 is 58.3 Å². The van der Waals surface area contributed by atoms with Gasteiger partial charge in [-0.1, -0.05) is 210 Å². The molecule has 0 radical (unpaired) electrons. The molecule has 0 spiro atoms. The van der Waals surface area contributed by atoms with Gasteiger partial charge >= 0.3 is 13.8 Å². The maximum Gasteiger partial charge on any atom is 0.472 e. The SMILES string of the molecule is CC/C=C\C/C=C\C/C=C\C/C=C\CCC(=O)OC(COCCCCCCCCCCCCCCCCCCCCCCCCCC)COP(=O)(O)OC1C(O)C(O)C(O)C(O)C1O. The molecule has 0 aliphatic heterocycles. The molecule has 6 atom stereocenters. The molecule has 13 heteroatoms. The number of hydrogen-bond donors (Lipinski definition) is 6. The zero-order valence-corrected chi connectivity index (χ0v) is 41.0. The van der Waals surface area contributed by atoms with Crippen molar-refractivity contribution in [2.24, 2.45) is 0 Å². The highest BCUT2D eigenvalue weighted by Gasteiger charge is 2.51. The Morgan fingerprint density at radius 3 is 1.31 bits per heavy atom. The molecule has 0 heterocycles. The second-order valence-electron chi connectivity index (χ2n) is 17.6. The molecular weight excluding hydrogens is 836 g/mol. The van der Waals surface area contributed by atoms with Crippen LogP contribution in [0.1, 0.15) is 206 Å². The van der Waals surface area contributed by atoms with Gasteiger partial charge in [-0.2, -0.15) is 0 Å². The molecule has 0 aromatic carbocycles. The summed E-state index contributed by atoms with van der Waals surface area (Å²) in [6, 6.07) is 0. The number of allylic oxidation sites excluding steroid dienone is 8. The Bertz CT molecular complexity index is 1240. The van der Waals surface area contributed by atoms with Crippen LogP contribution in [0.15, 0.2) is 48.6 Å². The van der Waals surface area contributed by atoms with E-state index in [4.69, 9.17) is 18.5 Å². The van der Waals surface area contributed by atoms with Crippen LogP contribution in [-0.2, 0) is 27.9 Å². The quantitative estimate of drug-likeness (QED) is 0.0147. The van der Waals surface area contributed by atoms with Gasteiger partial charge in [0.2, 0.25) is 0 Å². The highest BCUT2D eigenvalue weighted by Crippen LogP contribution is 2.47. The summed E-state index contributed by atoms with van der Waals surface area (Å²) in [6.45, 7) is 4.09. The minimum atomic E-state index is -5.04. The molecular formula is C51H93O12P. The van der Waals surface area contributed by atoms with Crippen LogP contribution >= 0.6 is 7.82 Å². The van der Waals surface area contributed by atoms with E-state index in [0.717, 1.165) is 44.9 Å². The molecule has 12 nitrogen and oxygen atoms in total. The molecule has 0 aromatic heterocycles. The van der Waals surface area contributed by atoms with Crippen molar-refractivity contribution in [1.29, 1.82) is 0 Å². The summed E-state index contributed by atoms with van der Waals surface area (Å²) in [5, 5.41) is 50.2. The number of rotatable bonds is 43. The minimum Gasteiger partial charge on any atom is -0.457 e. The number of carbonyl (C=O) groups is 1. The smallest absolute Gasteiger partial charge is 0.457 e. The molecule has 1 fully saturated rings. The van der Waals surface area contributed by atoms with Crippen LogP contribution in [0.3, 0.4) is 0 Å². The summed E-state index contributed by atoms with van der Waals surface area (Å²) in [7, 11) is -5.04. The summed E-state index contributed by atoms with van der Waals surface area (Å²) in [4.78, 5) is 23.1. The van der Waals surface area contributed by atoms with E-state index in [-0.39, 0.29) is 13.0 Å². The van der Waals surface area contributed by atoms with Crippen LogP contribution in [0.25, 0.3) is 0 Å². The molecule has 64 heavy (non-hydrogen) atoms. The van der Waals surface area contributed by atoms with E-state index in [9.17, 15) is 39.8 Å². The van der Waals surface area contributed by atoms with Crippen LogP contribution in [0, 0.1) is 0 Å². The summed E-state index contributed by atoms with van der Waals surface area (Å²) < 4.78 is 34.1. The first-order valence-corrected chi connectivity index (χ1v) is 27.0. The third kappa shape index (κ3) is 32.9. The van der Waals surface area contributed by atoms with Gasteiger partial charge in [-0.3, -0.25) is 13.8 Å². The Kier molecular flexibility index (Phi) is 39.1. The predicted octanol–water partition coefficient (Wildman–Crippen LogP) is 11.2. The van der Waals surface area contributed by atoms with Crippen LogP contribution in [-0.4, -0.2) is 98.9 Å². The van der Waals surface area contributed by atoms with Gasteiger partial charge in [0.15, 0.2) is 0 Å². The number of aliphatic hydroxyl groups excluding tert-OH is 5. The Morgan fingerprint density at radius 2 is 0.891 bits per heavy atom. The van der Waals surface area contributed by atoms with E-state index in [1.165, 1.54) is 135 Å². The third-order valence-electron chi connectivity index (χ3n) is 11.7. The van der Waals surface area contributed by atoms with E-state index in [1.807, 2.05) is 12.2 Å². The Labute approximate surface area is 388 Å². The number of esters is 1. The lowest BCUT2D eigenvalue weighted by Gasteiger charge is -2.41. The van der Waals surface area contributed by atoms with Crippen molar-refractivity contribution in [3.05, 3.63) is 48.6 Å². The average molecular weight is 929 g/mol. The molecule has 1 aliphatic rings. The van der Waals surface area contributed by atoms with E-state index in [0.29, 0.717) is 13.0 Å². The first-order valence-electron chi connectivity index (χ1n) is 25.5. The van der Waals surface area contributed by atoms with E-state index >= 15 is 0 Å². The fraction of sp³-hybridized carbons (Fsp3) is 0.824. The van der Waals surface area contributed by atoms with Crippen molar-refractivity contribution in [3.63, 3.8) is 0 Å². The zero-order chi connectivity index (χ0) is 46.9. The lowest BCUT2D eigenvalue weighted by atomic mass is 9.85. The second kappa shape index (κ2) is 41.5. The highest BCUT2D eigenvalue weighted by atomic mass is 31.2. The Morgan fingerprint density at radius 1 is 0.516 bits per heavy atom. The fourth-order valence-corrected chi connectivity index (χ4v) is 8.70. The molecule has 6 N–H and O–H groups in total. The van der Waals surface area contributed by atoms with Gasteiger partial charge in [0.05, 0.1) is 13.2 Å². The molecule has 0 bridgehead atoms. The predicted molar refractivity (Wildman–Crippen MR) is 258 cm³/mol. The van der Waals surface area contributed by atoms with Crippen LogP contribution in [0.4, 0.5) is 0 Å². The number of aliphatic hydroxyl groups is 5. The van der Waals surface area contributed by atoms with Gasteiger partial charge in [-0.15, -0.1) is 0 Å². The zero-order valence-electron chi connectivity index (χ0n) is 40.1. The molecule has 0 saturated heterocycles. The molecule has 0 amide bonds. The topological polar surface area (TPSA) is 192 Å². The molecule has 6 unspecified atom stereocenters. The van der Waals surface area contributed by atoms with E-state index < -0.39 is 63.1 Å². The number of hydrogen-bond acceptors (Lipinski definition) is 11. The number of unbranched alkanes of at least 4 members (excludes halogenated alkanes) is 23. The average Bonchev–Trinajstić information content (AvgIpc) is 3.28. The van der Waals surface area contributed by atoms with Gasteiger partial charge in [-0.25, -0.2) is 4.57 Å². The molecule has 1 saturated carbocycles. The molecule has 1 rings (SSSR count). The van der Waals surface area contributed by atoms with Gasteiger partial charge in [-0.05, 0) is 38.5 Å². The number of carbonyl (C=O) groups excluding carboxylic acids is 1. The van der Waals surface area contributed by atoms with Gasteiger partial charge < -0.3 is 39.9 Å². The maximum atomic E-state index is 12.8. The van der Waals surface area contributed by atoms with Crippen molar-refractivity contribution in [2.45, 2.75) is 249 Å². The Balaban J connectivity index is 2.30. The number of phosphoric ester groups is 1. The normalized spacial score (nSPS) is 22.1. The summed E-state index contributed by atoms with van der Waals surface area (Å²) >= 11 is 0. The van der Waals surface area contributed by atoms with Crippen molar-refractivity contribution in [1.82, 2.24) is 0 Å². The third-order valence-corrected chi connectivity index (χ3v) is 12.7. The maximum absolute atomic E-state index is 12.8. The van der Waals surface area contributed by atoms with Crippen LogP contribution < -0.4 is 0 Å². The van der Waals surface area contributed by atoms with Crippen molar-refractivity contribution in [2.75, 3.05) is 19.8 Å². The monoisotopic (exact) mass is 929 g/mol. The van der Waals surface area contributed by atoms with Crippen molar-refractivity contribution in [3.8, 4) is 0 Å². The van der Waals surface area contributed by atoms with Gasteiger partial charge in [0.1, 0.15) is 42.7 Å². The highest BCUT2D eigenvalue weighted by molar-refractivity contribution is 7.47. The van der Waals surface area contributed by atoms with Crippen LogP contribution in [0.2, 0.25) is 0 Å². The summed E-state index contributed by atoms with van der Waals surface area (Å²) in [5.74, 6) is -0.554. The first kappa shape index (κ1) is 60.3. The number of ether oxygens (including phenoxy) is 2. The minimum absolute atomic E-state index is 0.0656. The molecule has 0 aromatic rings. The second-order valence-corrected chi connectivity index (χ2v) is 19.1.